The van der Waals surface area contributed by atoms with E-state index < -0.39 is 5.91 Å². The Morgan fingerprint density at radius 2 is 2.10 bits per heavy atom. The van der Waals surface area contributed by atoms with E-state index in [0.29, 0.717) is 22.2 Å². The number of nitrogens with two attached hydrogens (primary N) is 2. The highest BCUT2D eigenvalue weighted by Gasteiger charge is 2.18. The number of rotatable bonds is 4. The molecule has 0 spiro atoms. The van der Waals surface area contributed by atoms with Crippen molar-refractivity contribution in [3.8, 4) is 5.75 Å². The van der Waals surface area contributed by atoms with Crippen molar-refractivity contribution in [3.05, 3.63) is 46.2 Å². The van der Waals surface area contributed by atoms with Crippen molar-refractivity contribution < 1.29 is 9.53 Å². The molecule has 0 fully saturated rings. The number of ether oxygens (including phenoxy) is 1. The first kappa shape index (κ1) is 15.0. The molecule has 8 heteroatoms. The van der Waals surface area contributed by atoms with Gasteiger partial charge in [-0.15, -0.1) is 0 Å². The molecular formula is C13H14ClN5O2. The number of halogens is 1. The number of anilines is 1. The van der Waals surface area contributed by atoms with Crippen LogP contribution >= 0.6 is 11.6 Å². The Morgan fingerprint density at radius 3 is 2.76 bits per heavy atom. The summed E-state index contributed by atoms with van der Waals surface area (Å²) in [5.74, 6) is 5.19. The summed E-state index contributed by atoms with van der Waals surface area (Å²) in [7, 11) is 0. The maximum absolute atomic E-state index is 11.8. The minimum absolute atomic E-state index is 0.0139. The highest BCUT2D eigenvalue weighted by atomic mass is 35.5. The highest BCUT2D eigenvalue weighted by molar-refractivity contribution is 6.32. The van der Waals surface area contributed by atoms with Crippen LogP contribution in [-0.4, -0.2) is 15.9 Å². The Bertz CT molecular complexity index is 678. The van der Waals surface area contributed by atoms with Gasteiger partial charge in [0.15, 0.2) is 0 Å². The van der Waals surface area contributed by atoms with Gasteiger partial charge < -0.3 is 10.5 Å². The summed E-state index contributed by atoms with van der Waals surface area (Å²) in [6.45, 7) is 1.65. The van der Waals surface area contributed by atoms with Gasteiger partial charge in [-0.2, -0.15) is 0 Å². The fraction of sp³-hybridized carbons (Fsp3) is 0.154. The molecule has 0 aliphatic rings. The Kier molecular flexibility index (Phi) is 4.56. The van der Waals surface area contributed by atoms with Crippen molar-refractivity contribution in [2.24, 2.45) is 5.84 Å². The summed E-state index contributed by atoms with van der Waals surface area (Å²) in [5, 5.41) is 0.459. The molecule has 2 aromatic rings. The number of nitrogens with one attached hydrogen (secondary N) is 1. The monoisotopic (exact) mass is 307 g/mol. The van der Waals surface area contributed by atoms with Gasteiger partial charge in [0.05, 0.1) is 22.0 Å². The second-order valence-corrected chi connectivity index (χ2v) is 4.59. The van der Waals surface area contributed by atoms with Crippen molar-refractivity contribution in [1.29, 1.82) is 0 Å². The first-order valence-electron chi connectivity index (χ1n) is 6.04. The molecule has 0 saturated heterocycles. The number of carbonyl (C=O) groups is 1. The number of nitrogen functional groups attached to an aromatic ring is 2. The average Bonchev–Trinajstić information content (AvgIpc) is 2.45. The zero-order chi connectivity index (χ0) is 15.4. The first-order chi connectivity index (χ1) is 10.0. The predicted molar refractivity (Wildman–Crippen MR) is 78.6 cm³/mol. The minimum Gasteiger partial charge on any atom is -0.486 e. The number of benzene rings is 1. The molecule has 0 aliphatic heterocycles. The van der Waals surface area contributed by atoms with Crippen LogP contribution in [0.1, 0.15) is 21.7 Å². The quantitative estimate of drug-likeness (QED) is 0.444. The van der Waals surface area contributed by atoms with Crippen LogP contribution in [0.5, 0.6) is 5.75 Å². The van der Waals surface area contributed by atoms with Crippen LogP contribution in [0.4, 0.5) is 5.95 Å². The van der Waals surface area contributed by atoms with E-state index in [9.17, 15) is 4.79 Å². The average molecular weight is 308 g/mol. The van der Waals surface area contributed by atoms with E-state index in [4.69, 9.17) is 27.9 Å². The van der Waals surface area contributed by atoms with Crippen molar-refractivity contribution >= 4 is 23.5 Å². The molecule has 5 N–H and O–H groups in total. The fourth-order valence-corrected chi connectivity index (χ4v) is 2.03. The van der Waals surface area contributed by atoms with E-state index in [1.54, 1.807) is 31.2 Å². The van der Waals surface area contributed by atoms with Gasteiger partial charge in [-0.3, -0.25) is 10.2 Å². The Hall–Kier alpha value is -2.38. The van der Waals surface area contributed by atoms with Crippen LogP contribution in [-0.2, 0) is 6.61 Å². The van der Waals surface area contributed by atoms with Crippen LogP contribution < -0.4 is 21.7 Å². The highest BCUT2D eigenvalue weighted by Crippen LogP contribution is 2.24. The Balaban J connectivity index is 2.31. The number of carbonyl (C=O) groups excluding carboxylic acids is 1. The number of para-hydroxylation sites is 1. The molecule has 1 aromatic heterocycles. The smallest absolute Gasteiger partial charge is 0.269 e. The van der Waals surface area contributed by atoms with Gasteiger partial charge in [-0.25, -0.2) is 15.8 Å². The lowest BCUT2D eigenvalue weighted by Crippen LogP contribution is -2.32. The molecule has 0 saturated carbocycles. The molecule has 1 heterocycles. The number of hydrogen-bond donors (Lipinski definition) is 3. The molecule has 21 heavy (non-hydrogen) atoms. The predicted octanol–water partition coefficient (Wildman–Crippen LogP) is 1.20. The molecule has 2 rings (SSSR count). The molecule has 0 aliphatic carbocycles. The summed E-state index contributed by atoms with van der Waals surface area (Å²) < 4.78 is 5.57. The maximum Gasteiger partial charge on any atom is 0.269 e. The topological polar surface area (TPSA) is 116 Å². The summed E-state index contributed by atoms with van der Waals surface area (Å²) in [6, 6.07) is 6.98. The SMILES string of the molecule is Cc1nc(N)nc(COc2ccccc2Cl)c1C(=O)NN. The molecule has 0 bridgehead atoms. The molecular weight excluding hydrogens is 294 g/mol. The second-order valence-electron chi connectivity index (χ2n) is 4.18. The minimum atomic E-state index is -0.509. The lowest BCUT2D eigenvalue weighted by atomic mass is 10.1. The van der Waals surface area contributed by atoms with E-state index in [1.165, 1.54) is 0 Å². The lowest BCUT2D eigenvalue weighted by molar-refractivity contribution is 0.0949. The number of hydrogen-bond acceptors (Lipinski definition) is 6. The Labute approximate surface area is 126 Å². The lowest BCUT2D eigenvalue weighted by Gasteiger charge is -2.12. The normalized spacial score (nSPS) is 10.2. The van der Waals surface area contributed by atoms with E-state index in [0.717, 1.165) is 0 Å². The van der Waals surface area contributed by atoms with Crippen LogP contribution in [0.2, 0.25) is 5.02 Å². The summed E-state index contributed by atoms with van der Waals surface area (Å²) in [5.41, 5.74) is 8.64. The van der Waals surface area contributed by atoms with E-state index in [2.05, 4.69) is 15.4 Å². The van der Waals surface area contributed by atoms with Gasteiger partial charge in [0, 0.05) is 0 Å². The molecule has 0 atom stereocenters. The molecule has 110 valence electrons. The van der Waals surface area contributed by atoms with Crippen molar-refractivity contribution in [2.75, 3.05) is 5.73 Å². The van der Waals surface area contributed by atoms with Crippen LogP contribution in [0.25, 0.3) is 0 Å². The fourth-order valence-electron chi connectivity index (χ4n) is 1.84. The molecule has 7 nitrogen and oxygen atoms in total. The van der Waals surface area contributed by atoms with Crippen molar-refractivity contribution in [1.82, 2.24) is 15.4 Å². The Morgan fingerprint density at radius 1 is 1.38 bits per heavy atom. The van der Waals surface area contributed by atoms with Gasteiger partial charge in [0.25, 0.3) is 5.91 Å². The third-order valence-electron chi connectivity index (χ3n) is 2.74. The third kappa shape index (κ3) is 3.39. The van der Waals surface area contributed by atoms with E-state index in [-0.39, 0.29) is 18.1 Å². The largest absolute Gasteiger partial charge is 0.486 e. The zero-order valence-electron chi connectivity index (χ0n) is 11.3. The number of nitrogens with zero attached hydrogens (tertiary/aromatic N) is 2. The zero-order valence-corrected chi connectivity index (χ0v) is 12.0. The van der Waals surface area contributed by atoms with Gasteiger partial charge in [0.1, 0.15) is 12.4 Å². The molecule has 0 unspecified atom stereocenters. The summed E-state index contributed by atoms with van der Waals surface area (Å²) >= 11 is 6.00. The van der Waals surface area contributed by atoms with Crippen LogP contribution in [0.3, 0.4) is 0 Å². The third-order valence-corrected chi connectivity index (χ3v) is 3.05. The van der Waals surface area contributed by atoms with Crippen LogP contribution in [0, 0.1) is 6.92 Å². The van der Waals surface area contributed by atoms with Crippen LogP contribution in [0.15, 0.2) is 24.3 Å². The second kappa shape index (κ2) is 6.38. The molecule has 1 amide bonds. The molecule has 1 aromatic carbocycles. The summed E-state index contributed by atoms with van der Waals surface area (Å²) in [6.07, 6.45) is 0. The first-order valence-corrected chi connectivity index (χ1v) is 6.42. The molecule has 0 radical (unpaired) electrons. The number of aromatic nitrogens is 2. The van der Waals surface area contributed by atoms with E-state index >= 15 is 0 Å². The number of amides is 1. The van der Waals surface area contributed by atoms with Gasteiger partial charge >= 0.3 is 0 Å². The van der Waals surface area contributed by atoms with Gasteiger partial charge in [-0.05, 0) is 19.1 Å². The number of hydrazine groups is 1. The van der Waals surface area contributed by atoms with Gasteiger partial charge in [-0.1, -0.05) is 23.7 Å². The van der Waals surface area contributed by atoms with Gasteiger partial charge in [0.2, 0.25) is 5.95 Å². The van der Waals surface area contributed by atoms with Crippen molar-refractivity contribution in [2.45, 2.75) is 13.5 Å². The maximum atomic E-state index is 11.8. The number of aryl methyl sites for hydroxylation is 1. The van der Waals surface area contributed by atoms with Crippen molar-refractivity contribution in [3.63, 3.8) is 0 Å². The van der Waals surface area contributed by atoms with E-state index in [1.807, 2.05) is 0 Å². The standard InChI is InChI=1S/C13H14ClN5O2/c1-7-11(12(20)19-16)9(18-13(15)17-7)6-21-10-5-3-2-4-8(10)14/h2-5H,6,16H2,1H3,(H,19,20)(H2,15,17,18). The summed E-state index contributed by atoms with van der Waals surface area (Å²) in [4.78, 5) is 19.8.